The number of amidine groups is 1. The average molecular weight is 321 g/mol. The first-order valence-electron chi connectivity index (χ1n) is 4.53. The lowest BCUT2D eigenvalue weighted by molar-refractivity contribution is 0.593. The van der Waals surface area contributed by atoms with Crippen molar-refractivity contribution >= 4 is 42.9 Å². The van der Waals surface area contributed by atoms with Crippen molar-refractivity contribution < 1.29 is 8.42 Å². The molecule has 1 N–H and O–H groups in total. The van der Waals surface area contributed by atoms with E-state index >= 15 is 0 Å². The summed E-state index contributed by atoms with van der Waals surface area (Å²) in [7, 11) is -3.48. The van der Waals surface area contributed by atoms with Gasteiger partial charge in [0.2, 0.25) is 0 Å². The van der Waals surface area contributed by atoms with Gasteiger partial charge in [-0.15, -0.1) is 0 Å². The quantitative estimate of drug-likeness (QED) is 0.904. The summed E-state index contributed by atoms with van der Waals surface area (Å²) in [6.45, 7) is 0.670. The first kappa shape index (κ1) is 11.9. The minimum absolute atomic E-state index is 0.242. The van der Waals surface area contributed by atoms with Crippen molar-refractivity contribution in [2.24, 2.45) is 4.99 Å². The fraction of sp³-hybridized carbons (Fsp3) is 0.222. The second-order valence-electron chi connectivity index (χ2n) is 3.09. The first-order valence-corrected chi connectivity index (χ1v) is 7.80. The monoisotopic (exact) mass is 320 g/mol. The Hall–Kier alpha value is -0.530. The number of sulfonamides is 1. The van der Waals surface area contributed by atoms with Gasteiger partial charge in [-0.05, 0) is 24.3 Å². The summed E-state index contributed by atoms with van der Waals surface area (Å²) in [6.07, 6.45) is 0. The molecule has 4 nitrogen and oxygen atoms in total. The molecule has 0 saturated carbocycles. The molecule has 16 heavy (non-hydrogen) atoms. The Morgan fingerprint density at radius 3 is 2.56 bits per heavy atom. The standard InChI is InChI=1S/C9H9BrN2O2S2/c10-7-1-3-8(4-2-7)16(13,14)12-9-11-5-6-15-9/h1-4H,5-6H2,(H,11,12). The largest absolute Gasteiger partial charge is 0.263 e. The van der Waals surface area contributed by atoms with E-state index in [0.717, 1.165) is 10.2 Å². The van der Waals surface area contributed by atoms with Crippen molar-refractivity contribution in [2.75, 3.05) is 12.3 Å². The Balaban J connectivity index is 2.21. The normalized spacial score (nSPS) is 15.9. The van der Waals surface area contributed by atoms with E-state index in [-0.39, 0.29) is 4.90 Å². The van der Waals surface area contributed by atoms with Crippen LogP contribution >= 0.6 is 27.7 Å². The minimum atomic E-state index is -3.48. The van der Waals surface area contributed by atoms with Crippen LogP contribution in [0.2, 0.25) is 0 Å². The van der Waals surface area contributed by atoms with Gasteiger partial charge in [0.05, 0.1) is 11.4 Å². The molecule has 1 heterocycles. The molecular formula is C9H9BrN2O2S2. The summed E-state index contributed by atoms with van der Waals surface area (Å²) in [5.74, 6) is 0.832. The van der Waals surface area contributed by atoms with Crippen molar-refractivity contribution in [3.63, 3.8) is 0 Å². The molecule has 7 heteroatoms. The molecule has 0 spiro atoms. The molecule has 1 aromatic carbocycles. The van der Waals surface area contributed by atoms with Crippen LogP contribution in [0.25, 0.3) is 0 Å². The number of nitrogens with zero attached hydrogens (tertiary/aromatic N) is 1. The molecular weight excluding hydrogens is 312 g/mol. The zero-order valence-electron chi connectivity index (χ0n) is 8.18. The van der Waals surface area contributed by atoms with Gasteiger partial charge in [-0.1, -0.05) is 27.7 Å². The van der Waals surface area contributed by atoms with Crippen molar-refractivity contribution in [3.05, 3.63) is 28.7 Å². The molecule has 0 bridgehead atoms. The lowest BCUT2D eigenvalue weighted by Crippen LogP contribution is -2.27. The average Bonchev–Trinajstić information content (AvgIpc) is 2.70. The number of benzene rings is 1. The van der Waals surface area contributed by atoms with Crippen LogP contribution in [-0.2, 0) is 10.0 Å². The molecule has 0 amide bonds. The number of hydrogen-bond donors (Lipinski definition) is 1. The van der Waals surface area contributed by atoms with Gasteiger partial charge in [0.15, 0.2) is 5.17 Å². The van der Waals surface area contributed by atoms with E-state index in [1.165, 1.54) is 11.8 Å². The van der Waals surface area contributed by atoms with Crippen LogP contribution in [0, 0.1) is 0 Å². The van der Waals surface area contributed by atoms with E-state index in [9.17, 15) is 8.42 Å². The molecule has 0 radical (unpaired) electrons. The van der Waals surface area contributed by atoms with Gasteiger partial charge < -0.3 is 0 Å². The number of nitrogens with one attached hydrogen (secondary N) is 1. The third-order valence-corrected chi connectivity index (χ3v) is 4.84. The molecule has 1 aliphatic heterocycles. The third kappa shape index (κ3) is 2.78. The first-order chi connectivity index (χ1) is 7.58. The van der Waals surface area contributed by atoms with Crippen LogP contribution in [0.1, 0.15) is 0 Å². The minimum Gasteiger partial charge on any atom is -0.261 e. The summed E-state index contributed by atoms with van der Waals surface area (Å²) in [5, 5.41) is 0.475. The molecule has 1 aromatic rings. The van der Waals surface area contributed by atoms with Crippen LogP contribution in [0.3, 0.4) is 0 Å². The maximum atomic E-state index is 11.9. The van der Waals surface area contributed by atoms with Crippen LogP contribution in [0.4, 0.5) is 0 Å². The number of hydrogen-bond acceptors (Lipinski definition) is 4. The second-order valence-corrected chi connectivity index (χ2v) is 6.78. The zero-order chi connectivity index (χ0) is 11.6. The predicted octanol–water partition coefficient (Wildman–Crippen LogP) is 1.83. The van der Waals surface area contributed by atoms with E-state index in [4.69, 9.17) is 0 Å². The molecule has 0 unspecified atom stereocenters. The summed E-state index contributed by atoms with van der Waals surface area (Å²) in [4.78, 5) is 4.29. The predicted molar refractivity (Wildman–Crippen MR) is 69.2 cm³/mol. The molecule has 1 aliphatic rings. The van der Waals surface area contributed by atoms with E-state index < -0.39 is 10.0 Å². The van der Waals surface area contributed by atoms with Gasteiger partial charge in [-0.3, -0.25) is 9.71 Å². The van der Waals surface area contributed by atoms with E-state index in [1.807, 2.05) is 0 Å². The van der Waals surface area contributed by atoms with Crippen molar-refractivity contribution in [1.82, 2.24) is 4.72 Å². The van der Waals surface area contributed by atoms with Gasteiger partial charge in [0.1, 0.15) is 0 Å². The fourth-order valence-electron chi connectivity index (χ4n) is 1.18. The Labute approximate surface area is 107 Å². The van der Waals surface area contributed by atoms with Gasteiger partial charge in [0, 0.05) is 10.2 Å². The van der Waals surface area contributed by atoms with Crippen LogP contribution in [0.5, 0.6) is 0 Å². The third-order valence-electron chi connectivity index (χ3n) is 1.93. The highest BCUT2D eigenvalue weighted by atomic mass is 79.9. The fourth-order valence-corrected chi connectivity index (χ4v) is 3.48. The molecule has 0 atom stereocenters. The molecule has 0 saturated heterocycles. The van der Waals surface area contributed by atoms with Crippen LogP contribution in [0.15, 0.2) is 38.6 Å². The van der Waals surface area contributed by atoms with Gasteiger partial charge in [-0.2, -0.15) is 0 Å². The number of halogens is 1. The van der Waals surface area contributed by atoms with Gasteiger partial charge in [0.25, 0.3) is 10.0 Å². The highest BCUT2D eigenvalue weighted by Crippen LogP contribution is 2.16. The van der Waals surface area contributed by atoms with E-state index in [2.05, 4.69) is 25.6 Å². The molecule has 0 aliphatic carbocycles. The van der Waals surface area contributed by atoms with Gasteiger partial charge >= 0.3 is 0 Å². The Bertz CT molecular complexity index is 511. The Morgan fingerprint density at radius 2 is 2.00 bits per heavy atom. The summed E-state index contributed by atoms with van der Waals surface area (Å²) >= 11 is 4.67. The maximum absolute atomic E-state index is 11.9. The lowest BCUT2D eigenvalue weighted by atomic mass is 10.4. The number of rotatable bonds is 2. The highest BCUT2D eigenvalue weighted by Gasteiger charge is 2.18. The van der Waals surface area contributed by atoms with E-state index in [0.29, 0.717) is 11.7 Å². The summed E-state index contributed by atoms with van der Waals surface area (Å²) in [6, 6.07) is 6.48. The number of thioether (sulfide) groups is 1. The van der Waals surface area contributed by atoms with Crippen molar-refractivity contribution in [3.8, 4) is 0 Å². The summed E-state index contributed by atoms with van der Waals surface area (Å²) in [5.41, 5.74) is 0. The number of aliphatic imine (C=N–C) groups is 1. The second kappa shape index (κ2) is 4.77. The maximum Gasteiger partial charge on any atom is 0.263 e. The SMILES string of the molecule is O=S(=O)(NC1=NCCS1)c1ccc(Br)cc1. The van der Waals surface area contributed by atoms with Crippen molar-refractivity contribution in [1.29, 1.82) is 0 Å². The Kier molecular flexibility index (Phi) is 3.56. The molecule has 2 rings (SSSR count). The summed E-state index contributed by atoms with van der Waals surface area (Å²) < 4.78 is 27.1. The lowest BCUT2D eigenvalue weighted by Gasteiger charge is -2.06. The zero-order valence-corrected chi connectivity index (χ0v) is 11.4. The smallest absolute Gasteiger partial charge is 0.261 e. The Morgan fingerprint density at radius 1 is 1.31 bits per heavy atom. The molecule has 0 aromatic heterocycles. The topological polar surface area (TPSA) is 58.5 Å². The molecule has 0 fully saturated rings. The van der Waals surface area contributed by atoms with Crippen molar-refractivity contribution in [2.45, 2.75) is 4.90 Å². The van der Waals surface area contributed by atoms with Crippen LogP contribution in [-0.4, -0.2) is 25.9 Å². The van der Waals surface area contributed by atoms with Gasteiger partial charge in [-0.25, -0.2) is 8.42 Å². The van der Waals surface area contributed by atoms with Crippen LogP contribution < -0.4 is 4.72 Å². The highest BCUT2D eigenvalue weighted by molar-refractivity contribution is 9.10. The molecule has 86 valence electrons. The van der Waals surface area contributed by atoms with E-state index in [1.54, 1.807) is 24.3 Å².